The van der Waals surface area contributed by atoms with Gasteiger partial charge in [-0.1, -0.05) is 6.07 Å². The van der Waals surface area contributed by atoms with E-state index in [2.05, 4.69) is 27.0 Å². The molecule has 1 fully saturated rings. The van der Waals surface area contributed by atoms with Crippen molar-refractivity contribution in [3.05, 3.63) is 48.0 Å². The van der Waals surface area contributed by atoms with Gasteiger partial charge in [-0.05, 0) is 42.8 Å². The van der Waals surface area contributed by atoms with Crippen molar-refractivity contribution in [1.82, 2.24) is 9.97 Å². The molecule has 1 unspecified atom stereocenters. The van der Waals surface area contributed by atoms with Crippen LogP contribution in [0.25, 0.3) is 22.4 Å². The van der Waals surface area contributed by atoms with E-state index < -0.39 is 5.91 Å². The summed E-state index contributed by atoms with van der Waals surface area (Å²) in [5.74, 6) is 0.253. The lowest BCUT2D eigenvalue weighted by Gasteiger charge is -2.18. The molecule has 2 heterocycles. The predicted molar refractivity (Wildman–Crippen MR) is 94.9 cm³/mol. The molecule has 24 heavy (non-hydrogen) atoms. The monoisotopic (exact) mass is 321 g/mol. The molecule has 4 rings (SSSR count). The molecule has 0 bridgehead atoms. The number of nitrogens with two attached hydrogens (primary N) is 2. The van der Waals surface area contributed by atoms with E-state index in [1.165, 1.54) is 5.69 Å². The van der Waals surface area contributed by atoms with Crippen molar-refractivity contribution in [2.75, 3.05) is 18.0 Å². The number of nitrogens with zero attached hydrogens (tertiary/aromatic N) is 2. The Labute approximate surface area is 139 Å². The zero-order chi connectivity index (χ0) is 16.7. The fraction of sp³-hybridized carbons (Fsp3) is 0.222. The van der Waals surface area contributed by atoms with E-state index in [-0.39, 0.29) is 6.04 Å². The number of carbonyl (C=O) groups excluding carboxylic acids is 1. The van der Waals surface area contributed by atoms with E-state index in [1.807, 2.05) is 18.2 Å². The molecule has 2 aromatic carbocycles. The zero-order valence-electron chi connectivity index (χ0n) is 13.2. The third-order valence-electron chi connectivity index (χ3n) is 4.51. The van der Waals surface area contributed by atoms with Gasteiger partial charge < -0.3 is 21.4 Å². The van der Waals surface area contributed by atoms with Gasteiger partial charge in [0.15, 0.2) is 0 Å². The Kier molecular flexibility index (Phi) is 3.46. The number of hydrogen-bond donors (Lipinski definition) is 3. The number of para-hydroxylation sites is 1. The first-order chi connectivity index (χ1) is 11.6. The number of aromatic amines is 1. The second-order valence-corrected chi connectivity index (χ2v) is 6.19. The van der Waals surface area contributed by atoms with Crippen LogP contribution in [-0.2, 0) is 0 Å². The van der Waals surface area contributed by atoms with E-state index >= 15 is 0 Å². The molecular weight excluding hydrogens is 302 g/mol. The molecule has 0 saturated carbocycles. The number of rotatable bonds is 3. The Bertz CT molecular complexity index is 899. The topological polar surface area (TPSA) is 101 Å². The number of aromatic nitrogens is 2. The van der Waals surface area contributed by atoms with Crippen molar-refractivity contribution >= 4 is 22.6 Å². The molecule has 1 aliphatic heterocycles. The molecule has 5 N–H and O–H groups in total. The summed E-state index contributed by atoms with van der Waals surface area (Å²) in [4.78, 5) is 21.6. The largest absolute Gasteiger partial charge is 0.370 e. The molecule has 6 heteroatoms. The molecule has 0 spiro atoms. The van der Waals surface area contributed by atoms with E-state index in [0.29, 0.717) is 11.1 Å². The Balaban J connectivity index is 1.67. The molecular formula is C18H19N5O. The highest BCUT2D eigenvalue weighted by Crippen LogP contribution is 2.26. The molecule has 1 saturated heterocycles. The molecule has 1 aromatic heterocycles. The lowest BCUT2D eigenvalue weighted by Crippen LogP contribution is -2.26. The number of anilines is 1. The average molecular weight is 321 g/mol. The summed E-state index contributed by atoms with van der Waals surface area (Å²) in [5.41, 5.74) is 15.4. The van der Waals surface area contributed by atoms with Crippen molar-refractivity contribution in [3.63, 3.8) is 0 Å². The summed E-state index contributed by atoms with van der Waals surface area (Å²) in [6.07, 6.45) is 1.03. The highest BCUT2D eigenvalue weighted by atomic mass is 16.1. The van der Waals surface area contributed by atoms with Gasteiger partial charge in [-0.25, -0.2) is 4.98 Å². The summed E-state index contributed by atoms with van der Waals surface area (Å²) in [6.45, 7) is 1.89. The first kappa shape index (κ1) is 14.7. The number of nitrogens with one attached hydrogen (secondary N) is 1. The third kappa shape index (κ3) is 2.51. The van der Waals surface area contributed by atoms with Gasteiger partial charge in [0.2, 0.25) is 0 Å². The lowest BCUT2D eigenvalue weighted by molar-refractivity contribution is 0.100. The first-order valence-corrected chi connectivity index (χ1v) is 8.01. The number of primary amides is 1. The standard InChI is InChI=1S/C18H19N5O/c19-12-8-9-23(10-12)13-6-4-11(5-7-13)18-21-15-3-1-2-14(17(20)24)16(15)22-18/h1-7,12H,8-10,19H2,(H2,20,24)(H,21,22). The van der Waals surface area contributed by atoms with Crippen LogP contribution in [0.3, 0.4) is 0 Å². The quantitative estimate of drug-likeness (QED) is 0.685. The number of imidazole rings is 1. The summed E-state index contributed by atoms with van der Waals surface area (Å²) in [7, 11) is 0. The first-order valence-electron chi connectivity index (χ1n) is 8.01. The number of hydrogen-bond acceptors (Lipinski definition) is 4. The van der Waals surface area contributed by atoms with E-state index in [4.69, 9.17) is 11.5 Å². The maximum atomic E-state index is 11.5. The minimum absolute atomic E-state index is 0.257. The van der Waals surface area contributed by atoms with Crippen molar-refractivity contribution in [3.8, 4) is 11.4 Å². The van der Waals surface area contributed by atoms with E-state index in [0.717, 1.165) is 36.4 Å². The molecule has 6 nitrogen and oxygen atoms in total. The summed E-state index contributed by atoms with van der Waals surface area (Å²) in [5, 5.41) is 0. The molecule has 1 aliphatic rings. The van der Waals surface area contributed by atoms with Crippen molar-refractivity contribution < 1.29 is 4.79 Å². The number of benzene rings is 2. The molecule has 1 amide bonds. The Morgan fingerprint density at radius 3 is 2.67 bits per heavy atom. The van der Waals surface area contributed by atoms with Gasteiger partial charge in [-0.15, -0.1) is 0 Å². The molecule has 122 valence electrons. The predicted octanol–water partition coefficient (Wildman–Crippen LogP) is 1.87. The summed E-state index contributed by atoms with van der Waals surface area (Å²) >= 11 is 0. The van der Waals surface area contributed by atoms with Crippen LogP contribution in [0.1, 0.15) is 16.8 Å². The van der Waals surface area contributed by atoms with Crippen molar-refractivity contribution in [2.45, 2.75) is 12.5 Å². The Morgan fingerprint density at radius 1 is 1.21 bits per heavy atom. The lowest BCUT2D eigenvalue weighted by atomic mass is 10.2. The van der Waals surface area contributed by atoms with Crippen LogP contribution in [0.4, 0.5) is 5.69 Å². The number of H-pyrrole nitrogens is 1. The smallest absolute Gasteiger partial charge is 0.250 e. The van der Waals surface area contributed by atoms with Crippen LogP contribution < -0.4 is 16.4 Å². The normalized spacial score (nSPS) is 17.5. The SMILES string of the molecule is NC(=O)c1cccc2[nH]c(-c3ccc(N4CCC(N)C4)cc3)nc12. The second kappa shape index (κ2) is 5.65. The van der Waals surface area contributed by atoms with Gasteiger partial charge >= 0.3 is 0 Å². The minimum Gasteiger partial charge on any atom is -0.370 e. The van der Waals surface area contributed by atoms with E-state index in [9.17, 15) is 4.79 Å². The van der Waals surface area contributed by atoms with Gasteiger partial charge in [0.1, 0.15) is 11.3 Å². The average Bonchev–Trinajstić information content (AvgIpc) is 3.20. The van der Waals surface area contributed by atoms with Crippen molar-refractivity contribution in [1.29, 1.82) is 0 Å². The zero-order valence-corrected chi connectivity index (χ0v) is 13.2. The van der Waals surface area contributed by atoms with Crippen LogP contribution in [0, 0.1) is 0 Å². The fourth-order valence-electron chi connectivity index (χ4n) is 3.22. The fourth-order valence-corrected chi connectivity index (χ4v) is 3.22. The number of carbonyl (C=O) groups is 1. The highest BCUT2D eigenvalue weighted by molar-refractivity contribution is 6.04. The number of amides is 1. The van der Waals surface area contributed by atoms with Gasteiger partial charge in [-0.2, -0.15) is 0 Å². The molecule has 1 atom stereocenters. The van der Waals surface area contributed by atoms with Gasteiger partial charge in [0.25, 0.3) is 5.91 Å². The van der Waals surface area contributed by atoms with E-state index in [1.54, 1.807) is 12.1 Å². The van der Waals surface area contributed by atoms with Gasteiger partial charge in [-0.3, -0.25) is 4.79 Å². The molecule has 3 aromatic rings. The minimum atomic E-state index is -0.473. The number of fused-ring (bicyclic) bond motifs is 1. The van der Waals surface area contributed by atoms with Crippen LogP contribution in [0.2, 0.25) is 0 Å². The van der Waals surface area contributed by atoms with Gasteiger partial charge in [0, 0.05) is 30.4 Å². The third-order valence-corrected chi connectivity index (χ3v) is 4.51. The van der Waals surface area contributed by atoms with Gasteiger partial charge in [0.05, 0.1) is 11.1 Å². The van der Waals surface area contributed by atoms with Crippen LogP contribution in [0.5, 0.6) is 0 Å². The van der Waals surface area contributed by atoms with Crippen LogP contribution in [-0.4, -0.2) is 35.0 Å². The van der Waals surface area contributed by atoms with Crippen molar-refractivity contribution in [2.24, 2.45) is 11.5 Å². The Hall–Kier alpha value is -2.86. The van der Waals surface area contributed by atoms with Crippen LogP contribution >= 0.6 is 0 Å². The second-order valence-electron chi connectivity index (χ2n) is 6.19. The summed E-state index contributed by atoms with van der Waals surface area (Å²) in [6, 6.07) is 13.8. The maximum absolute atomic E-state index is 11.5. The Morgan fingerprint density at radius 2 is 2.00 bits per heavy atom. The molecule has 0 radical (unpaired) electrons. The maximum Gasteiger partial charge on any atom is 0.250 e. The molecule has 0 aliphatic carbocycles. The summed E-state index contributed by atoms with van der Waals surface area (Å²) < 4.78 is 0. The van der Waals surface area contributed by atoms with Crippen LogP contribution in [0.15, 0.2) is 42.5 Å². The highest BCUT2D eigenvalue weighted by Gasteiger charge is 2.19.